The third kappa shape index (κ3) is 4.42. The van der Waals surface area contributed by atoms with Crippen molar-refractivity contribution in [2.24, 2.45) is 4.99 Å². The number of guanidine groups is 1. The van der Waals surface area contributed by atoms with Gasteiger partial charge in [0.05, 0.1) is 17.6 Å². The van der Waals surface area contributed by atoms with Crippen molar-refractivity contribution in [1.29, 1.82) is 0 Å². The molecule has 0 bridgehead atoms. The SMILES string of the molecule is CC(CNC1=NCC2CN(C(=O)OC(C)(C)C)CCN12)c1nccs1. The molecular formula is C17H27N5O2S. The van der Waals surface area contributed by atoms with E-state index in [0.29, 0.717) is 25.6 Å². The monoisotopic (exact) mass is 365 g/mol. The second-order valence-corrected chi connectivity index (χ2v) is 8.52. The number of nitrogens with zero attached hydrogens (tertiary/aromatic N) is 4. The maximum absolute atomic E-state index is 12.3. The van der Waals surface area contributed by atoms with E-state index in [1.54, 1.807) is 16.2 Å². The Morgan fingerprint density at radius 1 is 1.48 bits per heavy atom. The van der Waals surface area contributed by atoms with E-state index in [0.717, 1.165) is 24.1 Å². The lowest BCUT2D eigenvalue weighted by molar-refractivity contribution is 0.0137. The fraction of sp³-hybridized carbons (Fsp3) is 0.706. The number of piperazine rings is 1. The number of aliphatic imine (C=N–C) groups is 1. The third-order valence-corrected chi connectivity index (χ3v) is 5.30. The van der Waals surface area contributed by atoms with Crippen LogP contribution < -0.4 is 5.32 Å². The van der Waals surface area contributed by atoms with Crippen LogP contribution in [-0.2, 0) is 4.74 Å². The summed E-state index contributed by atoms with van der Waals surface area (Å²) in [5.74, 6) is 1.29. The molecule has 0 saturated carbocycles. The Bertz CT molecular complexity index is 625. The average Bonchev–Trinajstić information content (AvgIpc) is 3.20. The van der Waals surface area contributed by atoms with Crippen LogP contribution in [0.4, 0.5) is 4.79 Å². The average molecular weight is 366 g/mol. The Balaban J connectivity index is 1.50. The van der Waals surface area contributed by atoms with Crippen molar-refractivity contribution in [2.75, 3.05) is 32.7 Å². The third-order valence-electron chi connectivity index (χ3n) is 4.30. The summed E-state index contributed by atoms with van der Waals surface area (Å²) in [7, 11) is 0. The summed E-state index contributed by atoms with van der Waals surface area (Å²) in [6, 6.07) is 0.235. The number of rotatable bonds is 3. The van der Waals surface area contributed by atoms with E-state index in [9.17, 15) is 4.79 Å². The number of fused-ring (bicyclic) bond motifs is 1. The Hall–Kier alpha value is -1.83. The van der Waals surface area contributed by atoms with Gasteiger partial charge in [0.15, 0.2) is 5.96 Å². The fourth-order valence-corrected chi connectivity index (χ4v) is 3.73. The van der Waals surface area contributed by atoms with Gasteiger partial charge in [0.2, 0.25) is 0 Å². The largest absolute Gasteiger partial charge is 0.444 e. The van der Waals surface area contributed by atoms with Crippen LogP contribution >= 0.6 is 11.3 Å². The molecule has 8 heteroatoms. The smallest absolute Gasteiger partial charge is 0.410 e. The molecule has 0 aromatic carbocycles. The summed E-state index contributed by atoms with van der Waals surface area (Å²) in [6.07, 6.45) is 1.61. The minimum Gasteiger partial charge on any atom is -0.444 e. The van der Waals surface area contributed by atoms with Gasteiger partial charge in [-0.25, -0.2) is 9.78 Å². The van der Waals surface area contributed by atoms with E-state index < -0.39 is 5.60 Å². The predicted molar refractivity (Wildman–Crippen MR) is 99.1 cm³/mol. The van der Waals surface area contributed by atoms with Crippen LogP contribution in [0.1, 0.15) is 38.6 Å². The molecule has 0 radical (unpaired) electrons. The molecule has 138 valence electrons. The zero-order valence-electron chi connectivity index (χ0n) is 15.4. The normalized spacial score (nSPS) is 21.6. The summed E-state index contributed by atoms with van der Waals surface area (Å²) in [4.78, 5) is 25.3. The second kappa shape index (κ2) is 7.19. The Kier molecular flexibility index (Phi) is 5.17. The number of thiazole rings is 1. The molecular weight excluding hydrogens is 338 g/mol. The summed E-state index contributed by atoms with van der Waals surface area (Å²) < 4.78 is 5.48. The number of carbonyl (C=O) groups is 1. The van der Waals surface area contributed by atoms with Crippen molar-refractivity contribution in [3.63, 3.8) is 0 Å². The number of amides is 1. The number of nitrogens with one attached hydrogen (secondary N) is 1. The number of hydrogen-bond donors (Lipinski definition) is 1. The van der Waals surface area contributed by atoms with Crippen molar-refractivity contribution in [1.82, 2.24) is 20.1 Å². The van der Waals surface area contributed by atoms with Gasteiger partial charge in [0.1, 0.15) is 5.60 Å². The Morgan fingerprint density at radius 2 is 2.28 bits per heavy atom. The highest BCUT2D eigenvalue weighted by Gasteiger charge is 2.36. The summed E-state index contributed by atoms with van der Waals surface area (Å²) in [5.41, 5.74) is -0.459. The van der Waals surface area contributed by atoms with E-state index in [1.165, 1.54) is 0 Å². The van der Waals surface area contributed by atoms with E-state index in [1.807, 2.05) is 32.3 Å². The molecule has 1 N–H and O–H groups in total. The lowest BCUT2D eigenvalue weighted by Crippen LogP contribution is -2.57. The molecule has 0 spiro atoms. The second-order valence-electron chi connectivity index (χ2n) is 7.59. The topological polar surface area (TPSA) is 70.1 Å². The van der Waals surface area contributed by atoms with Crippen molar-refractivity contribution < 1.29 is 9.53 Å². The number of carbonyl (C=O) groups excluding carboxylic acids is 1. The summed E-state index contributed by atoms with van der Waals surface area (Å²) >= 11 is 1.68. The van der Waals surface area contributed by atoms with Crippen molar-refractivity contribution in [3.8, 4) is 0 Å². The molecule has 2 aliphatic rings. The molecule has 7 nitrogen and oxygen atoms in total. The fourth-order valence-electron chi connectivity index (χ4n) is 3.03. The van der Waals surface area contributed by atoms with Crippen LogP contribution in [-0.4, -0.2) is 71.2 Å². The molecule has 0 aliphatic carbocycles. The molecule has 2 aliphatic heterocycles. The van der Waals surface area contributed by atoms with Crippen LogP contribution in [0.3, 0.4) is 0 Å². The summed E-state index contributed by atoms with van der Waals surface area (Å²) in [6.45, 7) is 11.5. The highest BCUT2D eigenvalue weighted by atomic mass is 32.1. The van der Waals surface area contributed by atoms with E-state index >= 15 is 0 Å². The number of hydrogen-bond acceptors (Lipinski definition) is 7. The van der Waals surface area contributed by atoms with Crippen LogP contribution in [0.25, 0.3) is 0 Å². The Morgan fingerprint density at radius 3 is 2.96 bits per heavy atom. The molecule has 1 aromatic rings. The van der Waals surface area contributed by atoms with Crippen LogP contribution in [0.5, 0.6) is 0 Å². The van der Waals surface area contributed by atoms with Gasteiger partial charge in [-0.15, -0.1) is 11.3 Å². The first-order chi connectivity index (χ1) is 11.8. The Labute approximate surface area is 153 Å². The quantitative estimate of drug-likeness (QED) is 0.889. The van der Waals surface area contributed by atoms with Gasteiger partial charge in [-0.3, -0.25) is 4.99 Å². The minimum absolute atomic E-state index is 0.231. The van der Waals surface area contributed by atoms with Gasteiger partial charge in [-0.2, -0.15) is 0 Å². The maximum Gasteiger partial charge on any atom is 0.410 e. The maximum atomic E-state index is 12.3. The number of ether oxygens (including phenoxy) is 1. The standard InChI is InChI=1S/C17H27N5O2S/c1-12(14-18-5-8-25-14)9-19-15-20-10-13-11-21(6-7-22(13)15)16(23)24-17(2,3)4/h5,8,12-13H,6-7,9-11H2,1-4H3,(H,19,20). The minimum atomic E-state index is -0.459. The summed E-state index contributed by atoms with van der Waals surface area (Å²) in [5, 5.41) is 6.60. The zero-order valence-corrected chi connectivity index (χ0v) is 16.2. The van der Waals surface area contributed by atoms with Gasteiger partial charge in [0, 0.05) is 43.7 Å². The van der Waals surface area contributed by atoms with E-state index in [-0.39, 0.29) is 12.1 Å². The van der Waals surface area contributed by atoms with Crippen molar-refractivity contribution >= 4 is 23.4 Å². The molecule has 25 heavy (non-hydrogen) atoms. The predicted octanol–water partition coefficient (Wildman–Crippen LogP) is 2.13. The first-order valence-corrected chi connectivity index (χ1v) is 9.64. The highest BCUT2D eigenvalue weighted by molar-refractivity contribution is 7.09. The van der Waals surface area contributed by atoms with E-state index in [4.69, 9.17) is 4.74 Å². The van der Waals surface area contributed by atoms with Gasteiger partial charge in [0.25, 0.3) is 0 Å². The van der Waals surface area contributed by atoms with Gasteiger partial charge < -0.3 is 19.9 Å². The molecule has 1 saturated heterocycles. The molecule has 2 atom stereocenters. The zero-order chi connectivity index (χ0) is 18.0. The molecule has 1 aromatic heterocycles. The lowest BCUT2D eigenvalue weighted by Gasteiger charge is -2.39. The van der Waals surface area contributed by atoms with Crippen LogP contribution in [0, 0.1) is 0 Å². The van der Waals surface area contributed by atoms with Gasteiger partial charge in [-0.05, 0) is 20.8 Å². The molecule has 3 heterocycles. The first-order valence-electron chi connectivity index (χ1n) is 8.76. The van der Waals surface area contributed by atoms with Gasteiger partial charge in [-0.1, -0.05) is 6.92 Å². The number of aromatic nitrogens is 1. The highest BCUT2D eigenvalue weighted by Crippen LogP contribution is 2.20. The van der Waals surface area contributed by atoms with Crippen LogP contribution in [0.2, 0.25) is 0 Å². The molecule has 1 fully saturated rings. The van der Waals surface area contributed by atoms with Crippen molar-refractivity contribution in [3.05, 3.63) is 16.6 Å². The molecule has 2 unspecified atom stereocenters. The lowest BCUT2D eigenvalue weighted by atomic mass is 10.2. The molecule has 1 amide bonds. The van der Waals surface area contributed by atoms with E-state index in [2.05, 4.69) is 27.1 Å². The first kappa shape index (κ1) is 18.0. The van der Waals surface area contributed by atoms with Gasteiger partial charge >= 0.3 is 6.09 Å². The van der Waals surface area contributed by atoms with Crippen LogP contribution in [0.15, 0.2) is 16.6 Å². The molecule has 3 rings (SSSR count). The van der Waals surface area contributed by atoms with Crippen molar-refractivity contribution in [2.45, 2.75) is 45.3 Å².